The van der Waals surface area contributed by atoms with Crippen LogP contribution in [0.15, 0.2) is 30.5 Å². The highest BCUT2D eigenvalue weighted by atomic mass is 19.1. The molecule has 17 heavy (non-hydrogen) atoms. The van der Waals surface area contributed by atoms with E-state index in [-0.39, 0.29) is 12.2 Å². The Morgan fingerprint density at radius 2 is 2.35 bits per heavy atom. The Hall–Kier alpha value is -2.35. The van der Waals surface area contributed by atoms with Crippen molar-refractivity contribution < 1.29 is 9.18 Å². The second-order valence-corrected chi connectivity index (χ2v) is 3.20. The summed E-state index contributed by atoms with van der Waals surface area (Å²) in [4.78, 5) is 11.1. The van der Waals surface area contributed by atoms with Gasteiger partial charge in [0, 0.05) is 12.7 Å². The molecule has 2 amide bonds. The summed E-state index contributed by atoms with van der Waals surface area (Å²) in [5.41, 5.74) is 0.655. The minimum atomic E-state index is -0.395. The summed E-state index contributed by atoms with van der Waals surface area (Å²) >= 11 is 0. The van der Waals surface area contributed by atoms with Crippen LogP contribution in [0.2, 0.25) is 0 Å². The van der Waals surface area contributed by atoms with Gasteiger partial charge >= 0.3 is 6.03 Å². The van der Waals surface area contributed by atoms with E-state index in [1.807, 2.05) is 6.07 Å². The number of rotatable bonds is 4. The molecule has 1 rings (SSSR count). The smallest absolute Gasteiger partial charge is 0.318 e. The molecule has 2 N–H and O–H groups in total. The van der Waals surface area contributed by atoms with Crippen LogP contribution < -0.4 is 10.6 Å². The molecule has 0 fully saturated rings. The molecule has 88 valence electrons. The third kappa shape index (κ3) is 5.33. The van der Waals surface area contributed by atoms with Gasteiger partial charge in [0.05, 0.1) is 12.5 Å². The predicted octanol–water partition coefficient (Wildman–Crippen LogP) is 2.01. The zero-order valence-electron chi connectivity index (χ0n) is 9.11. The molecular weight excluding hydrogens is 221 g/mol. The van der Waals surface area contributed by atoms with E-state index in [0.717, 1.165) is 0 Å². The van der Waals surface area contributed by atoms with Gasteiger partial charge in [-0.05, 0) is 23.8 Å². The van der Waals surface area contributed by atoms with Crippen LogP contribution in [-0.4, -0.2) is 12.6 Å². The first-order valence-electron chi connectivity index (χ1n) is 5.06. The number of benzene rings is 1. The number of hydrogen-bond donors (Lipinski definition) is 2. The van der Waals surface area contributed by atoms with Crippen molar-refractivity contribution in [3.63, 3.8) is 0 Å². The Morgan fingerprint density at radius 1 is 1.53 bits per heavy atom. The van der Waals surface area contributed by atoms with Crippen molar-refractivity contribution >= 4 is 12.1 Å². The maximum Gasteiger partial charge on any atom is 0.318 e. The van der Waals surface area contributed by atoms with Gasteiger partial charge in [0.15, 0.2) is 0 Å². The van der Waals surface area contributed by atoms with Gasteiger partial charge in [-0.15, -0.1) is 0 Å². The molecule has 0 aromatic heterocycles. The second kappa shape index (κ2) is 7.01. The van der Waals surface area contributed by atoms with Gasteiger partial charge in [0.25, 0.3) is 0 Å². The van der Waals surface area contributed by atoms with E-state index in [9.17, 15) is 9.18 Å². The SMILES string of the molecule is N#CCCNC(=O)N/C=C/c1cccc(F)c1. The number of carbonyl (C=O) groups is 1. The van der Waals surface area contributed by atoms with E-state index in [1.54, 1.807) is 18.2 Å². The third-order valence-electron chi connectivity index (χ3n) is 1.86. The molecular formula is C12H12FN3O. The second-order valence-electron chi connectivity index (χ2n) is 3.20. The fraction of sp³-hybridized carbons (Fsp3) is 0.167. The van der Waals surface area contributed by atoms with Crippen LogP contribution in [-0.2, 0) is 0 Å². The number of amides is 2. The zero-order valence-corrected chi connectivity index (χ0v) is 9.11. The molecule has 0 aliphatic carbocycles. The minimum absolute atomic E-state index is 0.265. The van der Waals surface area contributed by atoms with Crippen molar-refractivity contribution in [3.8, 4) is 6.07 Å². The lowest BCUT2D eigenvalue weighted by Crippen LogP contribution is -2.32. The molecule has 0 heterocycles. The number of nitrogens with one attached hydrogen (secondary N) is 2. The van der Waals surface area contributed by atoms with Crippen molar-refractivity contribution in [3.05, 3.63) is 41.8 Å². The average Bonchev–Trinajstić information content (AvgIpc) is 2.29. The van der Waals surface area contributed by atoms with Crippen LogP contribution in [0.5, 0.6) is 0 Å². The summed E-state index contributed by atoms with van der Waals surface area (Å²) in [5, 5.41) is 13.2. The summed E-state index contributed by atoms with van der Waals surface area (Å²) in [6, 6.07) is 7.52. The summed E-state index contributed by atoms with van der Waals surface area (Å²) in [6.07, 6.45) is 3.25. The largest absolute Gasteiger partial charge is 0.337 e. The molecule has 0 saturated heterocycles. The Balaban J connectivity index is 2.35. The number of nitrogens with zero attached hydrogens (tertiary/aromatic N) is 1. The first-order valence-corrected chi connectivity index (χ1v) is 5.06. The fourth-order valence-electron chi connectivity index (χ4n) is 1.11. The summed E-state index contributed by atoms with van der Waals surface area (Å²) in [5.74, 6) is -0.328. The molecule has 1 aromatic rings. The Morgan fingerprint density at radius 3 is 3.06 bits per heavy atom. The number of hydrogen-bond acceptors (Lipinski definition) is 2. The van der Waals surface area contributed by atoms with E-state index in [1.165, 1.54) is 18.3 Å². The zero-order chi connectivity index (χ0) is 12.5. The topological polar surface area (TPSA) is 64.9 Å². The van der Waals surface area contributed by atoms with Crippen LogP contribution in [0.3, 0.4) is 0 Å². The number of carbonyl (C=O) groups excluding carboxylic acids is 1. The molecule has 0 unspecified atom stereocenters. The standard InChI is InChI=1S/C12H12FN3O/c13-11-4-1-3-10(9-11)5-8-16-12(17)15-7-2-6-14/h1,3-5,8-9H,2,7H2,(H2,15,16,17)/b8-5+. The lowest BCUT2D eigenvalue weighted by Gasteiger charge is -2.00. The van der Waals surface area contributed by atoms with Gasteiger partial charge in [0.1, 0.15) is 5.82 Å². The van der Waals surface area contributed by atoms with Gasteiger partial charge in [-0.2, -0.15) is 5.26 Å². The highest BCUT2D eigenvalue weighted by Gasteiger charge is 1.95. The molecule has 0 saturated carbocycles. The van der Waals surface area contributed by atoms with Gasteiger partial charge in [-0.3, -0.25) is 0 Å². The van der Waals surface area contributed by atoms with Gasteiger partial charge in [-0.25, -0.2) is 9.18 Å². The first-order chi connectivity index (χ1) is 8.22. The van der Waals surface area contributed by atoms with Crippen LogP contribution in [0.1, 0.15) is 12.0 Å². The van der Waals surface area contributed by atoms with Crippen LogP contribution >= 0.6 is 0 Å². The van der Waals surface area contributed by atoms with E-state index in [2.05, 4.69) is 10.6 Å². The van der Waals surface area contributed by atoms with Crippen molar-refractivity contribution in [2.24, 2.45) is 0 Å². The molecule has 4 nitrogen and oxygen atoms in total. The predicted molar refractivity (Wildman–Crippen MR) is 62.2 cm³/mol. The first kappa shape index (κ1) is 12.7. The number of nitriles is 1. The number of urea groups is 1. The maximum atomic E-state index is 12.8. The Bertz CT molecular complexity index is 451. The lowest BCUT2D eigenvalue weighted by atomic mass is 10.2. The van der Waals surface area contributed by atoms with Gasteiger partial charge < -0.3 is 10.6 Å². The van der Waals surface area contributed by atoms with Gasteiger partial charge in [-0.1, -0.05) is 12.1 Å². The third-order valence-corrected chi connectivity index (χ3v) is 1.86. The molecule has 0 spiro atoms. The molecule has 0 radical (unpaired) electrons. The Kier molecular flexibility index (Phi) is 5.25. The van der Waals surface area contributed by atoms with Crippen molar-refractivity contribution in [2.45, 2.75) is 6.42 Å². The van der Waals surface area contributed by atoms with E-state index in [4.69, 9.17) is 5.26 Å². The quantitative estimate of drug-likeness (QED) is 0.781. The van der Waals surface area contributed by atoms with Crippen molar-refractivity contribution in [1.29, 1.82) is 5.26 Å². The van der Waals surface area contributed by atoms with Crippen molar-refractivity contribution in [1.82, 2.24) is 10.6 Å². The Labute approximate surface area is 98.8 Å². The maximum absolute atomic E-state index is 12.8. The summed E-state index contributed by atoms with van der Waals surface area (Å²) < 4.78 is 12.8. The highest BCUT2D eigenvalue weighted by molar-refractivity contribution is 5.75. The summed E-state index contributed by atoms with van der Waals surface area (Å²) in [7, 11) is 0. The van der Waals surface area contributed by atoms with E-state index < -0.39 is 6.03 Å². The van der Waals surface area contributed by atoms with Crippen LogP contribution in [0, 0.1) is 17.1 Å². The lowest BCUT2D eigenvalue weighted by molar-refractivity contribution is 0.244. The highest BCUT2D eigenvalue weighted by Crippen LogP contribution is 2.04. The molecule has 0 aliphatic rings. The molecule has 1 aromatic carbocycles. The van der Waals surface area contributed by atoms with Crippen LogP contribution in [0.25, 0.3) is 6.08 Å². The molecule has 0 atom stereocenters. The average molecular weight is 233 g/mol. The van der Waals surface area contributed by atoms with E-state index in [0.29, 0.717) is 12.1 Å². The monoisotopic (exact) mass is 233 g/mol. The minimum Gasteiger partial charge on any atom is -0.337 e. The van der Waals surface area contributed by atoms with Crippen molar-refractivity contribution in [2.75, 3.05) is 6.54 Å². The van der Waals surface area contributed by atoms with E-state index >= 15 is 0 Å². The number of halogens is 1. The normalized spacial score (nSPS) is 9.88. The summed E-state index contributed by atoms with van der Waals surface area (Å²) in [6.45, 7) is 0.302. The fourth-order valence-corrected chi connectivity index (χ4v) is 1.11. The molecule has 5 heteroatoms. The molecule has 0 bridgehead atoms. The van der Waals surface area contributed by atoms with Gasteiger partial charge in [0.2, 0.25) is 0 Å². The molecule has 0 aliphatic heterocycles. The van der Waals surface area contributed by atoms with Crippen LogP contribution in [0.4, 0.5) is 9.18 Å².